The molecule has 4 N–H and O–H groups in total. The molecule has 2 saturated carbocycles. The summed E-state index contributed by atoms with van der Waals surface area (Å²) in [6, 6.07) is 12.0. The highest BCUT2D eigenvalue weighted by Gasteiger charge is 2.58. The SMILES string of the molecule is C=C(N[C@H](C(=O)N1C[C@@H]2CC[C@@]1(c1nc(-c3ccc(-c4ccc(-c5c[nH]c([C@@]67CC[C@@H](CN6C(=O)[C@@H](NC(=O)OC)C(C)C)C7)n5)c5c4CCC5)cc3)c[nH]1)C2)C(C)C)OC. The highest BCUT2D eigenvalue weighted by Crippen LogP contribution is 2.54. The number of methoxy groups -OCH3 is 2. The van der Waals surface area contributed by atoms with E-state index in [1.54, 1.807) is 7.11 Å². The Labute approximate surface area is 358 Å². The third kappa shape index (κ3) is 6.88. The molecule has 2 aromatic heterocycles. The van der Waals surface area contributed by atoms with Crippen molar-refractivity contribution in [1.29, 1.82) is 0 Å². The zero-order valence-electron chi connectivity index (χ0n) is 36.4. The molecule has 13 heteroatoms. The van der Waals surface area contributed by atoms with Gasteiger partial charge in [-0.05, 0) is 110 Å². The first-order valence-corrected chi connectivity index (χ1v) is 22.2. The monoisotopic (exact) mass is 828 g/mol. The Balaban J connectivity index is 0.945. The van der Waals surface area contributed by atoms with Gasteiger partial charge in [0.1, 0.15) is 34.8 Å². The summed E-state index contributed by atoms with van der Waals surface area (Å²) >= 11 is 0. The second kappa shape index (κ2) is 15.7. The topological polar surface area (TPSA) is 158 Å². The number of piperidine rings is 2. The number of amides is 3. The maximum absolute atomic E-state index is 14.1. The molecule has 4 bridgehead atoms. The van der Waals surface area contributed by atoms with E-state index in [-0.39, 0.29) is 23.7 Å². The van der Waals surface area contributed by atoms with Gasteiger partial charge in [0.2, 0.25) is 11.8 Å². The second-order valence-corrected chi connectivity index (χ2v) is 18.8. The molecule has 4 aromatic rings. The number of benzene rings is 2. The van der Waals surface area contributed by atoms with Gasteiger partial charge in [-0.15, -0.1) is 0 Å². The molecule has 9 rings (SSSR count). The third-order valence-electron chi connectivity index (χ3n) is 14.6. The number of likely N-dealkylation sites (tertiary alicyclic amines) is 2. The standard InChI is InChI=1S/C48H60N8O5/c1-27(2)40(51-29(5)60-6)42(57)55-25-30-17-19-47(55,21-30)44-49-23-38(52-44)33-13-11-32(12-14-33)34-15-16-37(36-10-8-9-35(34)36)39-24-50-45(53-39)48-20-18-31(22-48)26-56(48)43(58)41(28(3)4)54-46(59)61-7/h11-16,23-24,27-28,30-31,40-41,51H,5,8-10,17-22,25-26H2,1-4,6-7H3,(H,49,52)(H,50,53)(H,54,59)/t30-,31-,40+,41+,47+,48+/m1/s1. The average molecular weight is 829 g/mol. The Morgan fingerprint density at radius 1 is 0.721 bits per heavy atom. The van der Waals surface area contributed by atoms with E-state index in [0.29, 0.717) is 24.3 Å². The normalized spacial score (nSPS) is 24.7. The molecule has 0 spiro atoms. The summed E-state index contributed by atoms with van der Waals surface area (Å²) in [4.78, 5) is 61.9. The molecule has 0 unspecified atom stereocenters. The number of rotatable bonds is 13. The van der Waals surface area contributed by atoms with E-state index in [2.05, 4.69) is 68.5 Å². The number of fused-ring (bicyclic) bond motifs is 5. The van der Waals surface area contributed by atoms with Crippen LogP contribution in [0.4, 0.5) is 4.79 Å². The molecule has 2 saturated heterocycles. The number of ether oxygens (including phenoxy) is 2. The van der Waals surface area contributed by atoms with Crippen LogP contribution < -0.4 is 10.6 Å². The maximum atomic E-state index is 14.1. The van der Waals surface area contributed by atoms with Crippen LogP contribution in [-0.4, -0.2) is 87.0 Å². The van der Waals surface area contributed by atoms with Gasteiger partial charge in [-0.2, -0.15) is 0 Å². The van der Waals surface area contributed by atoms with Crippen LogP contribution in [0.15, 0.2) is 61.3 Å². The summed E-state index contributed by atoms with van der Waals surface area (Å²) < 4.78 is 10.1. The smallest absolute Gasteiger partial charge is 0.407 e. The number of aromatic amines is 2. The molecule has 4 fully saturated rings. The van der Waals surface area contributed by atoms with Crippen LogP contribution in [0.5, 0.6) is 0 Å². The van der Waals surface area contributed by atoms with Gasteiger partial charge in [0.15, 0.2) is 5.88 Å². The number of alkyl carbamates (subject to hydrolysis) is 1. The Morgan fingerprint density at radius 3 is 1.77 bits per heavy atom. The van der Waals surface area contributed by atoms with Gasteiger partial charge >= 0.3 is 6.09 Å². The van der Waals surface area contributed by atoms with Gasteiger partial charge in [0.05, 0.1) is 25.6 Å². The predicted molar refractivity (Wildman–Crippen MR) is 233 cm³/mol. The van der Waals surface area contributed by atoms with Crippen LogP contribution >= 0.6 is 0 Å². The van der Waals surface area contributed by atoms with Crippen molar-refractivity contribution in [2.45, 2.75) is 109 Å². The number of carbonyl (C=O) groups is 3. The molecule has 3 aliphatic carbocycles. The van der Waals surface area contributed by atoms with E-state index in [1.807, 2.05) is 45.0 Å². The highest BCUT2D eigenvalue weighted by molar-refractivity contribution is 5.87. The van der Waals surface area contributed by atoms with E-state index >= 15 is 0 Å². The Bertz CT molecular complexity index is 2350. The number of imidazole rings is 2. The molecular formula is C48H60N8O5. The van der Waals surface area contributed by atoms with Gasteiger partial charge in [-0.1, -0.05) is 64.1 Å². The molecule has 5 aliphatic rings. The average Bonchev–Trinajstić information content (AvgIpc) is 4.13. The lowest BCUT2D eigenvalue weighted by atomic mass is 9.92. The van der Waals surface area contributed by atoms with E-state index < -0.39 is 29.3 Å². The molecule has 13 nitrogen and oxygen atoms in total. The van der Waals surface area contributed by atoms with Crippen molar-refractivity contribution in [3.8, 4) is 33.6 Å². The van der Waals surface area contributed by atoms with Gasteiger partial charge in [-0.25, -0.2) is 14.8 Å². The summed E-state index contributed by atoms with van der Waals surface area (Å²) in [6.07, 6.45) is 12.1. The molecule has 4 heterocycles. The lowest BCUT2D eigenvalue weighted by Gasteiger charge is -2.40. The van der Waals surface area contributed by atoms with Crippen molar-refractivity contribution < 1.29 is 23.9 Å². The van der Waals surface area contributed by atoms with E-state index in [0.717, 1.165) is 104 Å². The number of carbonyl (C=O) groups excluding carboxylic acids is 3. The highest BCUT2D eigenvalue weighted by atomic mass is 16.5. The summed E-state index contributed by atoms with van der Waals surface area (Å²) in [7, 11) is 2.88. The maximum Gasteiger partial charge on any atom is 0.407 e. The van der Waals surface area contributed by atoms with Crippen molar-refractivity contribution in [2.24, 2.45) is 23.7 Å². The van der Waals surface area contributed by atoms with Crippen LogP contribution in [0.2, 0.25) is 0 Å². The van der Waals surface area contributed by atoms with Crippen molar-refractivity contribution in [1.82, 2.24) is 40.4 Å². The Kier molecular flexibility index (Phi) is 10.5. The van der Waals surface area contributed by atoms with E-state index in [9.17, 15) is 14.4 Å². The van der Waals surface area contributed by atoms with Crippen LogP contribution in [0.3, 0.4) is 0 Å². The lowest BCUT2D eigenvalue weighted by molar-refractivity contribution is -0.141. The number of hydrogen-bond donors (Lipinski definition) is 4. The van der Waals surface area contributed by atoms with E-state index in [1.165, 1.54) is 23.8 Å². The molecule has 6 atom stereocenters. The molecule has 0 radical (unpaired) electrons. The summed E-state index contributed by atoms with van der Waals surface area (Å²) in [5.74, 6) is 2.89. The number of aromatic nitrogens is 4. The minimum Gasteiger partial charge on any atom is -0.483 e. The van der Waals surface area contributed by atoms with Gasteiger partial charge < -0.3 is 39.9 Å². The van der Waals surface area contributed by atoms with Crippen molar-refractivity contribution in [3.05, 3.63) is 84.0 Å². The zero-order chi connectivity index (χ0) is 42.8. The predicted octanol–water partition coefficient (Wildman–Crippen LogP) is 7.41. The third-order valence-corrected chi connectivity index (χ3v) is 14.6. The first-order valence-electron chi connectivity index (χ1n) is 22.2. The molecule has 2 aromatic carbocycles. The van der Waals surface area contributed by atoms with Crippen molar-refractivity contribution in [3.63, 3.8) is 0 Å². The Morgan fingerprint density at radius 2 is 1.23 bits per heavy atom. The fraction of sp³-hybridized carbons (Fsp3) is 0.521. The molecular weight excluding hydrogens is 769 g/mol. The van der Waals surface area contributed by atoms with Crippen LogP contribution in [0.25, 0.3) is 33.6 Å². The van der Waals surface area contributed by atoms with Gasteiger partial charge in [-0.3, -0.25) is 9.59 Å². The first kappa shape index (κ1) is 40.8. The quantitative estimate of drug-likeness (QED) is 0.102. The lowest BCUT2D eigenvalue weighted by Crippen LogP contribution is -2.56. The van der Waals surface area contributed by atoms with Crippen LogP contribution in [0, 0.1) is 23.7 Å². The molecule has 61 heavy (non-hydrogen) atoms. The van der Waals surface area contributed by atoms with E-state index in [4.69, 9.17) is 19.4 Å². The summed E-state index contributed by atoms with van der Waals surface area (Å²) in [5, 5.41) is 6.00. The minimum absolute atomic E-state index is 0.0566. The van der Waals surface area contributed by atoms with Crippen LogP contribution in [-0.2, 0) is 43.0 Å². The first-order chi connectivity index (χ1) is 29.3. The fourth-order valence-corrected chi connectivity index (χ4v) is 11.4. The number of hydrogen-bond acceptors (Lipinski definition) is 8. The zero-order valence-corrected chi connectivity index (χ0v) is 36.4. The summed E-state index contributed by atoms with van der Waals surface area (Å²) in [6.45, 7) is 13.3. The minimum atomic E-state index is -0.677. The number of nitrogens with one attached hydrogen (secondary N) is 4. The largest absolute Gasteiger partial charge is 0.483 e. The Hall–Kier alpha value is -5.59. The molecule has 2 aliphatic heterocycles. The van der Waals surface area contributed by atoms with Crippen LogP contribution in [0.1, 0.15) is 95.4 Å². The molecule has 3 amide bonds. The number of H-pyrrole nitrogens is 2. The van der Waals surface area contributed by atoms with Crippen molar-refractivity contribution >= 4 is 17.9 Å². The number of nitrogens with zero attached hydrogens (tertiary/aromatic N) is 4. The van der Waals surface area contributed by atoms with Crippen molar-refractivity contribution in [2.75, 3.05) is 27.3 Å². The van der Waals surface area contributed by atoms with Gasteiger partial charge in [0.25, 0.3) is 0 Å². The second-order valence-electron chi connectivity index (χ2n) is 18.8. The molecule has 322 valence electrons. The van der Waals surface area contributed by atoms with Gasteiger partial charge in [0, 0.05) is 36.6 Å². The fourth-order valence-electron chi connectivity index (χ4n) is 11.4. The summed E-state index contributed by atoms with van der Waals surface area (Å²) in [5.41, 5.74) is 8.08.